The maximum Gasteiger partial charge on any atom is 0.311 e. The number of carbonyl (C=O) groups excluding carboxylic acids is 1. The Morgan fingerprint density at radius 3 is 2.76 bits per heavy atom. The van der Waals surface area contributed by atoms with Crippen LogP contribution in [0.5, 0.6) is 5.75 Å². The summed E-state index contributed by atoms with van der Waals surface area (Å²) in [5.41, 5.74) is 0.552. The average Bonchev–Trinajstić information content (AvgIpc) is 3.14. The molecule has 0 N–H and O–H groups in total. The molecule has 1 aromatic rings. The monoisotopic (exact) mass is 231 g/mol. The van der Waals surface area contributed by atoms with Crippen molar-refractivity contribution in [1.29, 1.82) is 5.26 Å². The molecule has 0 aliphatic carbocycles. The summed E-state index contributed by atoms with van der Waals surface area (Å²) in [7, 11) is 0. The van der Waals surface area contributed by atoms with E-state index in [0.29, 0.717) is 23.8 Å². The van der Waals surface area contributed by atoms with Crippen LogP contribution in [0.25, 0.3) is 0 Å². The van der Waals surface area contributed by atoms with E-state index in [1.807, 2.05) is 6.07 Å². The van der Waals surface area contributed by atoms with Crippen molar-refractivity contribution in [3.8, 4) is 11.8 Å². The van der Waals surface area contributed by atoms with Gasteiger partial charge in [-0.3, -0.25) is 4.79 Å². The number of esters is 1. The highest BCUT2D eigenvalue weighted by Crippen LogP contribution is 2.17. The van der Waals surface area contributed by atoms with Crippen LogP contribution >= 0.6 is 0 Å². The minimum absolute atomic E-state index is 0.240. The first-order valence-corrected chi connectivity index (χ1v) is 5.60. The van der Waals surface area contributed by atoms with Gasteiger partial charge in [-0.1, -0.05) is 0 Å². The zero-order valence-corrected chi connectivity index (χ0v) is 9.39. The first-order valence-electron chi connectivity index (χ1n) is 5.60. The fraction of sp³-hybridized carbons (Fsp3) is 0.385. The molecule has 0 spiro atoms. The van der Waals surface area contributed by atoms with Crippen LogP contribution < -0.4 is 4.74 Å². The van der Waals surface area contributed by atoms with Crippen molar-refractivity contribution in [3.63, 3.8) is 0 Å². The maximum atomic E-state index is 11.4. The normalized spacial score (nSPS) is 17.2. The lowest BCUT2D eigenvalue weighted by Gasteiger charge is -2.03. The summed E-state index contributed by atoms with van der Waals surface area (Å²) < 4.78 is 10.2. The van der Waals surface area contributed by atoms with Crippen molar-refractivity contribution in [2.24, 2.45) is 0 Å². The van der Waals surface area contributed by atoms with Gasteiger partial charge in [-0.25, -0.2) is 0 Å². The predicted molar refractivity (Wildman–Crippen MR) is 60.4 cm³/mol. The van der Waals surface area contributed by atoms with Gasteiger partial charge in [-0.15, -0.1) is 0 Å². The molecule has 4 nitrogen and oxygen atoms in total. The molecule has 0 amide bonds. The molecule has 1 aromatic carbocycles. The number of hydrogen-bond acceptors (Lipinski definition) is 4. The van der Waals surface area contributed by atoms with Gasteiger partial charge in [0.1, 0.15) is 5.75 Å². The minimum atomic E-state index is -0.240. The Hall–Kier alpha value is -1.86. The molecule has 4 heteroatoms. The van der Waals surface area contributed by atoms with Crippen LogP contribution in [0.1, 0.15) is 24.8 Å². The van der Waals surface area contributed by atoms with Crippen LogP contribution in [0, 0.1) is 11.3 Å². The highest BCUT2D eigenvalue weighted by Gasteiger charge is 2.21. The lowest BCUT2D eigenvalue weighted by molar-refractivity contribution is -0.134. The predicted octanol–water partition coefficient (Wildman–Crippen LogP) is 2.03. The summed E-state index contributed by atoms with van der Waals surface area (Å²) in [6, 6.07) is 8.51. The first-order chi connectivity index (χ1) is 8.28. The van der Waals surface area contributed by atoms with E-state index in [9.17, 15) is 4.79 Å². The molecule has 1 unspecified atom stereocenters. The molecule has 0 aromatic heterocycles. The summed E-state index contributed by atoms with van der Waals surface area (Å²) in [4.78, 5) is 11.4. The molecule has 17 heavy (non-hydrogen) atoms. The number of hydrogen-bond donors (Lipinski definition) is 0. The van der Waals surface area contributed by atoms with Gasteiger partial charge in [0.15, 0.2) is 0 Å². The molecule has 2 rings (SSSR count). The lowest BCUT2D eigenvalue weighted by atomic mass is 10.2. The molecule has 1 aliphatic rings. The molecule has 0 bridgehead atoms. The summed E-state index contributed by atoms with van der Waals surface area (Å²) >= 11 is 0. The molecule has 1 atom stereocenters. The first kappa shape index (κ1) is 11.6. The van der Waals surface area contributed by atoms with Gasteiger partial charge in [0, 0.05) is 6.42 Å². The van der Waals surface area contributed by atoms with Gasteiger partial charge in [0.2, 0.25) is 0 Å². The average molecular weight is 231 g/mol. The summed E-state index contributed by atoms with van der Waals surface area (Å²) in [5.74, 6) is 0.243. The van der Waals surface area contributed by atoms with Crippen molar-refractivity contribution in [2.45, 2.75) is 25.4 Å². The van der Waals surface area contributed by atoms with Crippen LogP contribution in [0.15, 0.2) is 24.3 Å². The van der Waals surface area contributed by atoms with E-state index >= 15 is 0 Å². The van der Waals surface area contributed by atoms with Crippen molar-refractivity contribution >= 4 is 5.97 Å². The van der Waals surface area contributed by atoms with E-state index in [0.717, 1.165) is 19.4 Å². The Morgan fingerprint density at radius 1 is 1.47 bits per heavy atom. The van der Waals surface area contributed by atoms with E-state index < -0.39 is 0 Å². The van der Waals surface area contributed by atoms with Crippen molar-refractivity contribution < 1.29 is 14.3 Å². The molecule has 1 fully saturated rings. The number of carbonyl (C=O) groups is 1. The molecular weight excluding hydrogens is 218 g/mol. The third-order valence-electron chi connectivity index (χ3n) is 2.52. The fourth-order valence-electron chi connectivity index (χ4n) is 1.49. The maximum absolute atomic E-state index is 11.4. The molecular formula is C13H13NO3. The van der Waals surface area contributed by atoms with Crippen LogP contribution in [0.4, 0.5) is 0 Å². The molecule has 0 radical (unpaired) electrons. The van der Waals surface area contributed by atoms with E-state index in [-0.39, 0.29) is 5.97 Å². The largest absolute Gasteiger partial charge is 0.427 e. The van der Waals surface area contributed by atoms with Crippen molar-refractivity contribution in [2.75, 3.05) is 6.61 Å². The minimum Gasteiger partial charge on any atom is -0.427 e. The van der Waals surface area contributed by atoms with Crippen LogP contribution in [-0.4, -0.2) is 18.7 Å². The number of nitrogens with zero attached hydrogens (tertiary/aromatic N) is 1. The van der Waals surface area contributed by atoms with Crippen molar-refractivity contribution in [3.05, 3.63) is 29.8 Å². The van der Waals surface area contributed by atoms with Crippen LogP contribution in [-0.2, 0) is 9.53 Å². The number of benzene rings is 1. The molecule has 1 heterocycles. The molecule has 1 aliphatic heterocycles. The quantitative estimate of drug-likeness (QED) is 0.442. The second-order valence-electron chi connectivity index (χ2n) is 3.96. The second-order valence-corrected chi connectivity index (χ2v) is 3.96. The van der Waals surface area contributed by atoms with Gasteiger partial charge in [-0.2, -0.15) is 5.26 Å². The SMILES string of the molecule is N#Cc1ccc(OC(=O)CCCC2CO2)cc1. The number of nitriles is 1. The van der Waals surface area contributed by atoms with Gasteiger partial charge < -0.3 is 9.47 Å². The van der Waals surface area contributed by atoms with Crippen LogP contribution in [0.3, 0.4) is 0 Å². The van der Waals surface area contributed by atoms with E-state index in [4.69, 9.17) is 14.7 Å². The van der Waals surface area contributed by atoms with Gasteiger partial charge in [-0.05, 0) is 37.1 Å². The Morgan fingerprint density at radius 2 is 2.18 bits per heavy atom. The summed E-state index contributed by atoms with van der Waals surface area (Å²) in [6.07, 6.45) is 2.47. The summed E-state index contributed by atoms with van der Waals surface area (Å²) in [5, 5.41) is 8.61. The zero-order chi connectivity index (χ0) is 12.1. The Labute approximate surface area is 99.8 Å². The van der Waals surface area contributed by atoms with Crippen molar-refractivity contribution in [1.82, 2.24) is 0 Å². The topological polar surface area (TPSA) is 62.6 Å². The highest BCUT2D eigenvalue weighted by molar-refractivity contribution is 5.72. The second kappa shape index (κ2) is 5.46. The fourth-order valence-corrected chi connectivity index (χ4v) is 1.49. The van der Waals surface area contributed by atoms with E-state index in [1.54, 1.807) is 24.3 Å². The molecule has 0 saturated carbocycles. The van der Waals surface area contributed by atoms with Gasteiger partial charge in [0.25, 0.3) is 0 Å². The lowest BCUT2D eigenvalue weighted by Crippen LogP contribution is -2.07. The molecule has 88 valence electrons. The zero-order valence-electron chi connectivity index (χ0n) is 9.39. The number of ether oxygens (including phenoxy) is 2. The molecule has 1 saturated heterocycles. The number of epoxide rings is 1. The Bertz CT molecular complexity index is 429. The highest BCUT2D eigenvalue weighted by atomic mass is 16.6. The smallest absolute Gasteiger partial charge is 0.311 e. The Balaban J connectivity index is 1.74. The van der Waals surface area contributed by atoms with E-state index in [2.05, 4.69) is 0 Å². The third-order valence-corrected chi connectivity index (χ3v) is 2.52. The summed E-state index contributed by atoms with van der Waals surface area (Å²) in [6.45, 7) is 0.824. The van der Waals surface area contributed by atoms with Gasteiger partial charge >= 0.3 is 5.97 Å². The van der Waals surface area contributed by atoms with Crippen LogP contribution in [0.2, 0.25) is 0 Å². The standard InChI is InChI=1S/C13H13NO3/c14-8-10-4-6-11(7-5-10)17-13(15)3-1-2-12-9-16-12/h4-7,12H,1-3,9H2. The van der Waals surface area contributed by atoms with E-state index in [1.165, 1.54) is 0 Å². The number of rotatable bonds is 5. The van der Waals surface area contributed by atoms with Gasteiger partial charge in [0.05, 0.1) is 24.3 Å². The third kappa shape index (κ3) is 3.89. The Kier molecular flexibility index (Phi) is 3.73.